The fraction of sp³-hybridized carbons (Fsp3) is 0.231. The van der Waals surface area contributed by atoms with Crippen molar-refractivity contribution in [2.24, 2.45) is 0 Å². The molecule has 0 fully saturated rings. The molecule has 5 rings (SSSR count). The highest BCUT2D eigenvalue weighted by molar-refractivity contribution is 7.99. The van der Waals surface area contributed by atoms with E-state index in [0.717, 1.165) is 39.9 Å². The molecular weight excluding hydrogens is 432 g/mol. The van der Waals surface area contributed by atoms with Gasteiger partial charge in [0.25, 0.3) is 0 Å². The molecule has 0 unspecified atom stereocenters. The van der Waals surface area contributed by atoms with Crippen LogP contribution in [0.15, 0.2) is 78.0 Å². The number of hydrogen-bond donors (Lipinski definition) is 1. The monoisotopic (exact) mass is 458 g/mol. The van der Waals surface area contributed by atoms with Gasteiger partial charge in [0.1, 0.15) is 5.75 Å². The zero-order chi connectivity index (χ0) is 22.8. The van der Waals surface area contributed by atoms with Gasteiger partial charge in [-0.25, -0.2) is 0 Å². The summed E-state index contributed by atoms with van der Waals surface area (Å²) >= 11 is 1.54. The summed E-state index contributed by atoms with van der Waals surface area (Å²) in [6.07, 6.45) is -0.527. The van der Waals surface area contributed by atoms with E-state index in [1.807, 2.05) is 36.4 Å². The lowest BCUT2D eigenvalue weighted by Gasteiger charge is -2.14. The van der Waals surface area contributed by atoms with Crippen molar-refractivity contribution in [3.05, 3.63) is 72.8 Å². The molecule has 0 amide bonds. The molecule has 7 heteroatoms. The first-order valence-electron chi connectivity index (χ1n) is 11.0. The maximum atomic E-state index is 10.9. The SMILES string of the molecule is CCn1c(SC[C@H](O)Cn2c3ccccc3c3ccccc32)nnc1-c1ccc(OC)cc1. The Hall–Kier alpha value is -3.29. The highest BCUT2D eigenvalue weighted by Gasteiger charge is 2.17. The number of fused-ring (bicyclic) bond motifs is 3. The third-order valence-corrected chi connectivity index (χ3v) is 6.97. The zero-order valence-corrected chi connectivity index (χ0v) is 19.5. The van der Waals surface area contributed by atoms with E-state index >= 15 is 0 Å². The van der Waals surface area contributed by atoms with Gasteiger partial charge in [-0.1, -0.05) is 48.2 Å². The average Bonchev–Trinajstić information content (AvgIpc) is 3.42. The Labute approximate surface area is 196 Å². The first kappa shape index (κ1) is 21.6. The summed E-state index contributed by atoms with van der Waals surface area (Å²) in [6.45, 7) is 3.35. The van der Waals surface area contributed by atoms with Crippen LogP contribution in [0.2, 0.25) is 0 Å². The summed E-state index contributed by atoms with van der Waals surface area (Å²) in [5.74, 6) is 2.16. The normalized spacial score (nSPS) is 12.5. The topological polar surface area (TPSA) is 65.1 Å². The second-order valence-corrected chi connectivity index (χ2v) is 8.88. The Bertz CT molecular complexity index is 1340. The maximum Gasteiger partial charge on any atom is 0.191 e. The Morgan fingerprint density at radius 3 is 2.12 bits per heavy atom. The number of thioether (sulfide) groups is 1. The van der Waals surface area contributed by atoms with Crippen LogP contribution in [-0.4, -0.2) is 43.4 Å². The van der Waals surface area contributed by atoms with E-state index in [4.69, 9.17) is 4.74 Å². The van der Waals surface area contributed by atoms with Crippen LogP contribution in [0.1, 0.15) is 6.92 Å². The van der Waals surface area contributed by atoms with Gasteiger partial charge in [-0.3, -0.25) is 0 Å². The minimum atomic E-state index is -0.527. The first-order valence-corrected chi connectivity index (χ1v) is 12.0. The van der Waals surface area contributed by atoms with Crippen LogP contribution in [0.4, 0.5) is 0 Å². The third kappa shape index (κ3) is 4.10. The molecule has 6 nitrogen and oxygen atoms in total. The lowest BCUT2D eigenvalue weighted by Crippen LogP contribution is -2.18. The van der Waals surface area contributed by atoms with Crippen molar-refractivity contribution in [2.75, 3.05) is 12.9 Å². The standard InChI is InChI=1S/C26H26N4O2S/c1-3-29-25(18-12-14-20(32-2)15-13-18)27-28-26(29)33-17-19(31)16-30-23-10-6-4-8-21(23)22-9-5-7-11-24(22)30/h4-15,19,31H,3,16-17H2,1-2H3/t19-/m1/s1. The lowest BCUT2D eigenvalue weighted by molar-refractivity contribution is 0.181. The van der Waals surface area contributed by atoms with Gasteiger partial charge in [0.05, 0.1) is 19.8 Å². The number of para-hydroxylation sites is 2. The number of rotatable bonds is 8. The van der Waals surface area contributed by atoms with Crippen LogP contribution in [0.25, 0.3) is 33.2 Å². The number of aliphatic hydroxyl groups excluding tert-OH is 1. The molecule has 0 radical (unpaired) electrons. The third-order valence-electron chi connectivity index (χ3n) is 5.86. The quantitative estimate of drug-likeness (QED) is 0.322. The molecule has 168 valence electrons. The maximum absolute atomic E-state index is 10.9. The van der Waals surface area contributed by atoms with Crippen molar-refractivity contribution in [3.63, 3.8) is 0 Å². The number of aliphatic hydroxyl groups is 1. The van der Waals surface area contributed by atoms with Gasteiger partial charge < -0.3 is 19.0 Å². The first-order chi connectivity index (χ1) is 16.2. The highest BCUT2D eigenvalue weighted by Crippen LogP contribution is 2.30. The minimum absolute atomic E-state index is 0.520. The number of hydrogen-bond acceptors (Lipinski definition) is 5. The number of benzene rings is 3. The molecule has 1 N–H and O–H groups in total. The smallest absolute Gasteiger partial charge is 0.191 e. The predicted molar refractivity (Wildman–Crippen MR) is 134 cm³/mol. The second-order valence-electron chi connectivity index (χ2n) is 7.89. The molecule has 3 aromatic carbocycles. The van der Waals surface area contributed by atoms with Gasteiger partial charge >= 0.3 is 0 Å². The van der Waals surface area contributed by atoms with Crippen LogP contribution in [0.3, 0.4) is 0 Å². The van der Waals surface area contributed by atoms with E-state index in [0.29, 0.717) is 12.3 Å². The van der Waals surface area contributed by atoms with E-state index in [9.17, 15) is 5.11 Å². The molecule has 0 aliphatic carbocycles. The Morgan fingerprint density at radius 2 is 1.52 bits per heavy atom. The van der Waals surface area contributed by atoms with Crippen LogP contribution >= 0.6 is 11.8 Å². The number of methoxy groups -OCH3 is 1. The van der Waals surface area contributed by atoms with E-state index < -0.39 is 6.10 Å². The number of ether oxygens (including phenoxy) is 1. The van der Waals surface area contributed by atoms with Gasteiger partial charge in [0.2, 0.25) is 0 Å². The summed E-state index contributed by atoms with van der Waals surface area (Å²) in [4.78, 5) is 0. The highest BCUT2D eigenvalue weighted by atomic mass is 32.2. The van der Waals surface area contributed by atoms with Crippen LogP contribution < -0.4 is 4.74 Å². The summed E-state index contributed by atoms with van der Waals surface area (Å²) in [5.41, 5.74) is 3.27. The number of aromatic nitrogens is 4. The van der Waals surface area contributed by atoms with Crippen molar-refractivity contribution < 1.29 is 9.84 Å². The molecule has 0 aliphatic rings. The Balaban J connectivity index is 1.35. The molecule has 2 heterocycles. The van der Waals surface area contributed by atoms with Gasteiger partial charge in [-0.15, -0.1) is 10.2 Å². The average molecular weight is 459 g/mol. The zero-order valence-electron chi connectivity index (χ0n) is 18.7. The van der Waals surface area contributed by atoms with Gasteiger partial charge in [-0.05, 0) is 43.3 Å². The molecule has 0 saturated heterocycles. The molecule has 0 spiro atoms. The molecule has 0 saturated carbocycles. The van der Waals surface area contributed by atoms with E-state index in [-0.39, 0.29) is 0 Å². The summed E-state index contributed by atoms with van der Waals surface area (Å²) in [7, 11) is 1.66. The Morgan fingerprint density at radius 1 is 0.879 bits per heavy atom. The van der Waals surface area contributed by atoms with E-state index in [1.165, 1.54) is 22.5 Å². The molecule has 0 bridgehead atoms. The van der Waals surface area contributed by atoms with E-state index in [2.05, 4.69) is 62.7 Å². The van der Waals surface area contributed by atoms with Crippen LogP contribution in [0.5, 0.6) is 5.75 Å². The van der Waals surface area contributed by atoms with Crippen molar-refractivity contribution >= 4 is 33.6 Å². The molecule has 1 atom stereocenters. The number of nitrogens with zero attached hydrogens (tertiary/aromatic N) is 4. The van der Waals surface area contributed by atoms with Crippen molar-refractivity contribution in [3.8, 4) is 17.1 Å². The fourth-order valence-corrected chi connectivity index (χ4v) is 5.19. The Kier molecular flexibility index (Phi) is 6.07. The van der Waals surface area contributed by atoms with Crippen LogP contribution in [-0.2, 0) is 13.1 Å². The molecule has 0 aliphatic heterocycles. The molecular formula is C26H26N4O2S. The van der Waals surface area contributed by atoms with Crippen molar-refractivity contribution in [1.82, 2.24) is 19.3 Å². The summed E-state index contributed by atoms with van der Waals surface area (Å²) in [5, 5.41) is 23.0. The van der Waals surface area contributed by atoms with Gasteiger partial charge in [0, 0.05) is 39.7 Å². The molecule has 33 heavy (non-hydrogen) atoms. The lowest BCUT2D eigenvalue weighted by atomic mass is 10.2. The van der Waals surface area contributed by atoms with Crippen molar-refractivity contribution in [1.29, 1.82) is 0 Å². The summed E-state index contributed by atoms with van der Waals surface area (Å²) in [6, 6.07) is 24.5. The minimum Gasteiger partial charge on any atom is -0.497 e. The van der Waals surface area contributed by atoms with Gasteiger partial charge in [0.15, 0.2) is 11.0 Å². The van der Waals surface area contributed by atoms with E-state index in [1.54, 1.807) is 7.11 Å². The van der Waals surface area contributed by atoms with Gasteiger partial charge in [-0.2, -0.15) is 0 Å². The molecule has 2 aromatic heterocycles. The van der Waals surface area contributed by atoms with Crippen LogP contribution in [0, 0.1) is 0 Å². The molecule has 5 aromatic rings. The predicted octanol–water partition coefficient (Wildman–Crippen LogP) is 5.23. The van der Waals surface area contributed by atoms with Crippen molar-refractivity contribution in [2.45, 2.75) is 31.3 Å². The fourth-order valence-electron chi connectivity index (χ4n) is 4.27. The largest absolute Gasteiger partial charge is 0.497 e. The second kappa shape index (κ2) is 9.29. The summed E-state index contributed by atoms with van der Waals surface area (Å²) < 4.78 is 9.55.